The molecule has 2 heterocycles. The molecule has 0 bridgehead atoms. The third-order valence-corrected chi connectivity index (χ3v) is 7.95. The number of nitrogens with zero attached hydrogens (tertiary/aromatic N) is 1. The maximum Gasteiger partial charge on any atom is 0.306 e. The monoisotopic (exact) mass is 489 g/mol. The highest BCUT2D eigenvalue weighted by Gasteiger charge is 2.34. The molecule has 1 saturated carbocycles. The molecule has 1 aliphatic carbocycles. The van der Waals surface area contributed by atoms with E-state index < -0.39 is 0 Å². The minimum absolute atomic E-state index is 0.145. The van der Waals surface area contributed by atoms with Crippen molar-refractivity contribution in [2.24, 2.45) is 0 Å². The van der Waals surface area contributed by atoms with Gasteiger partial charge in [-0.1, -0.05) is 39.3 Å². The van der Waals surface area contributed by atoms with Crippen LogP contribution >= 0.6 is 39.3 Å². The summed E-state index contributed by atoms with van der Waals surface area (Å²) in [6, 6.07) is 12.6. The molecule has 3 aromatic rings. The number of carbonyl (C=O) groups is 1. The van der Waals surface area contributed by atoms with Gasteiger partial charge in [-0.05, 0) is 67.1 Å². The maximum atomic E-state index is 12.1. The van der Waals surface area contributed by atoms with E-state index in [1.165, 1.54) is 47.0 Å². The topological polar surface area (TPSA) is 31.2 Å². The van der Waals surface area contributed by atoms with E-state index >= 15 is 0 Å². The van der Waals surface area contributed by atoms with Crippen LogP contribution < -0.4 is 0 Å². The van der Waals surface area contributed by atoms with Crippen molar-refractivity contribution in [3.05, 3.63) is 57.2 Å². The molecular formula is C23H21BrClNO2S. The van der Waals surface area contributed by atoms with Crippen LogP contribution in [-0.2, 0) is 16.1 Å². The molecule has 0 N–H and O–H groups in total. The van der Waals surface area contributed by atoms with Crippen LogP contribution in [0.4, 0.5) is 0 Å². The molecule has 2 aliphatic rings. The van der Waals surface area contributed by atoms with Gasteiger partial charge < -0.3 is 9.30 Å². The van der Waals surface area contributed by atoms with Crippen molar-refractivity contribution in [1.29, 1.82) is 0 Å². The number of aryl methyl sites for hydroxylation is 1. The van der Waals surface area contributed by atoms with E-state index in [-0.39, 0.29) is 11.9 Å². The summed E-state index contributed by atoms with van der Waals surface area (Å²) in [4.78, 5) is 14.4. The molecule has 1 unspecified atom stereocenters. The maximum absolute atomic E-state index is 12.1. The number of esters is 1. The molecule has 5 rings (SSSR count). The first-order valence-corrected chi connectivity index (χ1v) is 11.9. The molecule has 1 fully saturated rings. The van der Waals surface area contributed by atoms with Gasteiger partial charge in [0.2, 0.25) is 0 Å². The lowest BCUT2D eigenvalue weighted by Gasteiger charge is -2.12. The number of rotatable bonds is 5. The summed E-state index contributed by atoms with van der Waals surface area (Å²) >= 11 is 11.7. The highest BCUT2D eigenvalue weighted by molar-refractivity contribution is 9.10. The Morgan fingerprint density at radius 1 is 1.24 bits per heavy atom. The minimum atomic E-state index is -0.145. The van der Waals surface area contributed by atoms with Gasteiger partial charge in [0.15, 0.2) is 0 Å². The zero-order chi connectivity index (χ0) is 20.1. The normalized spacial score (nSPS) is 18.2. The Hall–Kier alpha value is -1.43. The van der Waals surface area contributed by atoms with E-state index in [0.717, 1.165) is 27.4 Å². The number of hydrogen-bond acceptors (Lipinski definition) is 3. The summed E-state index contributed by atoms with van der Waals surface area (Å²) < 4.78 is 8.55. The van der Waals surface area contributed by atoms with E-state index in [2.05, 4.69) is 44.8 Å². The molecule has 1 aliphatic heterocycles. The van der Waals surface area contributed by atoms with Gasteiger partial charge in [0.05, 0.1) is 19.0 Å². The number of fused-ring (bicyclic) bond motifs is 3. The van der Waals surface area contributed by atoms with Gasteiger partial charge in [0.1, 0.15) is 0 Å². The van der Waals surface area contributed by atoms with E-state index in [0.29, 0.717) is 12.3 Å². The first-order valence-electron chi connectivity index (χ1n) is 9.91. The second-order valence-corrected chi connectivity index (χ2v) is 10.2. The van der Waals surface area contributed by atoms with Crippen LogP contribution in [0, 0.1) is 0 Å². The first kappa shape index (κ1) is 19.5. The second-order valence-electron chi connectivity index (χ2n) is 7.86. The van der Waals surface area contributed by atoms with E-state index in [4.69, 9.17) is 16.3 Å². The Balaban J connectivity index is 1.67. The van der Waals surface area contributed by atoms with Crippen molar-refractivity contribution < 1.29 is 9.53 Å². The highest BCUT2D eigenvalue weighted by atomic mass is 79.9. The third-order valence-electron chi connectivity index (χ3n) is 5.94. The van der Waals surface area contributed by atoms with Gasteiger partial charge in [-0.25, -0.2) is 0 Å². The molecule has 3 nitrogen and oxygen atoms in total. The average Bonchev–Trinajstić information content (AvgIpc) is 3.41. The molecule has 29 heavy (non-hydrogen) atoms. The lowest BCUT2D eigenvalue weighted by atomic mass is 10.00. The molecular weight excluding hydrogens is 470 g/mol. The predicted octanol–water partition coefficient (Wildman–Crippen LogP) is 7.14. The van der Waals surface area contributed by atoms with E-state index in [1.54, 1.807) is 11.8 Å². The summed E-state index contributed by atoms with van der Waals surface area (Å²) in [5.41, 5.74) is 3.96. The van der Waals surface area contributed by atoms with Gasteiger partial charge in [-0.15, -0.1) is 0 Å². The molecule has 1 atom stereocenters. The number of methoxy groups -OCH3 is 1. The molecule has 0 amide bonds. The van der Waals surface area contributed by atoms with E-state index in [9.17, 15) is 4.79 Å². The molecule has 0 saturated heterocycles. The molecule has 6 heteroatoms. The van der Waals surface area contributed by atoms with Crippen molar-refractivity contribution in [3.63, 3.8) is 0 Å². The standard InChI is InChI=1S/C23H21BrClNO2S/c1-28-20(27)12-14-8-9-26-19-11-15(13-2-3-13)10-18(24)21(19)23(22(14)26)29-17-6-4-16(25)5-7-17/h4-7,10-11,13-14H,2-3,8-9,12H2,1H3. The highest BCUT2D eigenvalue weighted by Crippen LogP contribution is 2.51. The summed E-state index contributed by atoms with van der Waals surface area (Å²) in [5.74, 6) is 0.733. The van der Waals surface area contributed by atoms with Crippen LogP contribution in [0.15, 0.2) is 50.7 Å². The molecule has 150 valence electrons. The number of carbonyl (C=O) groups excluding carboxylic acids is 1. The van der Waals surface area contributed by atoms with Gasteiger partial charge in [0, 0.05) is 42.8 Å². The third kappa shape index (κ3) is 3.62. The van der Waals surface area contributed by atoms with Gasteiger partial charge in [0.25, 0.3) is 0 Å². The lowest BCUT2D eigenvalue weighted by Crippen LogP contribution is -2.07. The van der Waals surface area contributed by atoms with Gasteiger partial charge in [-0.3, -0.25) is 4.79 Å². The van der Waals surface area contributed by atoms with Crippen LogP contribution in [0.25, 0.3) is 10.9 Å². The van der Waals surface area contributed by atoms with E-state index in [1.807, 2.05) is 12.1 Å². The Kier molecular flexibility index (Phi) is 5.17. The number of aromatic nitrogens is 1. The Morgan fingerprint density at radius 2 is 2.00 bits per heavy atom. The van der Waals surface area contributed by atoms with Crippen LogP contribution in [0.3, 0.4) is 0 Å². The average molecular weight is 491 g/mol. The van der Waals surface area contributed by atoms with Crippen LogP contribution in [0.1, 0.15) is 48.8 Å². The van der Waals surface area contributed by atoms with Crippen molar-refractivity contribution in [3.8, 4) is 0 Å². The first-order chi connectivity index (χ1) is 14.0. The zero-order valence-corrected chi connectivity index (χ0v) is 19.2. The number of benzene rings is 2. The summed E-state index contributed by atoms with van der Waals surface area (Å²) in [7, 11) is 1.47. The van der Waals surface area contributed by atoms with Crippen molar-refractivity contribution in [2.75, 3.05) is 7.11 Å². The Morgan fingerprint density at radius 3 is 2.69 bits per heavy atom. The summed E-state index contributed by atoms with van der Waals surface area (Å²) in [6.07, 6.45) is 3.96. The fourth-order valence-corrected chi connectivity index (χ4v) is 6.49. The predicted molar refractivity (Wildman–Crippen MR) is 121 cm³/mol. The smallest absolute Gasteiger partial charge is 0.306 e. The Labute approximate surface area is 187 Å². The van der Waals surface area contributed by atoms with Gasteiger partial charge >= 0.3 is 5.97 Å². The van der Waals surface area contributed by atoms with Gasteiger partial charge in [-0.2, -0.15) is 0 Å². The van der Waals surface area contributed by atoms with Crippen LogP contribution in [0.5, 0.6) is 0 Å². The number of hydrogen-bond donors (Lipinski definition) is 0. The molecule has 2 aromatic carbocycles. The number of halogens is 2. The minimum Gasteiger partial charge on any atom is -0.469 e. The van der Waals surface area contributed by atoms with Crippen LogP contribution in [-0.4, -0.2) is 17.6 Å². The lowest BCUT2D eigenvalue weighted by molar-refractivity contribution is -0.141. The van der Waals surface area contributed by atoms with Crippen molar-refractivity contribution >= 4 is 56.2 Å². The van der Waals surface area contributed by atoms with Crippen molar-refractivity contribution in [1.82, 2.24) is 4.57 Å². The largest absolute Gasteiger partial charge is 0.469 e. The SMILES string of the molecule is COC(=O)CC1CCn2c1c(Sc1ccc(Cl)cc1)c1c(Br)cc(C3CC3)cc12. The summed E-state index contributed by atoms with van der Waals surface area (Å²) in [6.45, 7) is 0.940. The molecule has 1 aromatic heterocycles. The zero-order valence-electron chi connectivity index (χ0n) is 16.1. The summed E-state index contributed by atoms with van der Waals surface area (Å²) in [5, 5.41) is 1.99. The fourth-order valence-electron chi connectivity index (χ4n) is 4.36. The Bertz CT molecular complexity index is 1100. The quantitative estimate of drug-likeness (QED) is 0.356. The van der Waals surface area contributed by atoms with Crippen molar-refractivity contribution in [2.45, 2.75) is 53.9 Å². The number of ether oxygens (including phenoxy) is 1. The fraction of sp³-hybridized carbons (Fsp3) is 0.348. The second kappa shape index (κ2) is 7.68. The van der Waals surface area contributed by atoms with Crippen LogP contribution in [0.2, 0.25) is 5.02 Å². The molecule has 0 radical (unpaired) electrons. The molecule has 0 spiro atoms.